The molecule has 4 aromatic rings. The number of nitrogens with zero attached hydrogens (tertiary/aromatic N) is 2. The minimum Gasteiger partial charge on any atom is -0.478 e. The summed E-state index contributed by atoms with van der Waals surface area (Å²) in [4.78, 5) is 38.7. The van der Waals surface area contributed by atoms with E-state index in [2.05, 4.69) is 29.4 Å². The third kappa shape index (κ3) is 3.15. The zero-order valence-corrected chi connectivity index (χ0v) is 20.5. The molecule has 2 amide bonds. The molecule has 38 heavy (non-hydrogen) atoms. The molecule has 1 aliphatic heterocycles. The Kier molecular flexibility index (Phi) is 4.93. The highest BCUT2D eigenvalue weighted by atomic mass is 35.5. The fourth-order valence-electron chi connectivity index (χ4n) is 6.31. The number of carbonyl (C=O) groups excluding carboxylic acids is 2. The van der Waals surface area contributed by atoms with Crippen molar-refractivity contribution in [1.29, 1.82) is 0 Å². The van der Waals surface area contributed by atoms with E-state index in [0.717, 1.165) is 27.3 Å². The van der Waals surface area contributed by atoms with Crippen molar-refractivity contribution in [3.8, 4) is 11.3 Å². The Morgan fingerprint density at radius 1 is 0.842 bits per heavy atom. The van der Waals surface area contributed by atoms with Crippen LogP contribution in [0.2, 0.25) is 5.02 Å². The lowest BCUT2D eigenvalue weighted by Gasteiger charge is -2.45. The van der Waals surface area contributed by atoms with Crippen LogP contribution in [-0.4, -0.2) is 34.1 Å². The van der Waals surface area contributed by atoms with Gasteiger partial charge in [0.1, 0.15) is 11.5 Å². The number of aromatic carboxylic acids is 1. The SMILES string of the molecule is O=C(O)c1cc(-c2ccc(/C=N\N3C(=O)[C@@H]4C5c6ccccc6C(c6ccccc65)[C@@H]4C3=O)o2)ccc1Cl. The zero-order valence-electron chi connectivity index (χ0n) is 19.7. The average molecular weight is 523 g/mol. The van der Waals surface area contributed by atoms with Crippen molar-refractivity contribution in [2.45, 2.75) is 11.8 Å². The average Bonchev–Trinajstić information content (AvgIpc) is 3.50. The Morgan fingerprint density at radius 2 is 1.39 bits per heavy atom. The van der Waals surface area contributed by atoms with Crippen LogP contribution in [0.5, 0.6) is 0 Å². The molecule has 0 radical (unpaired) electrons. The van der Waals surface area contributed by atoms with E-state index < -0.39 is 17.8 Å². The number of carbonyl (C=O) groups is 3. The number of furan rings is 1. The normalized spacial score (nSPS) is 23.0. The first kappa shape index (κ1) is 22.7. The van der Waals surface area contributed by atoms with Crippen LogP contribution in [0.25, 0.3) is 11.3 Å². The Balaban J connectivity index is 1.21. The minimum absolute atomic E-state index is 0.0386. The molecule has 1 saturated heterocycles. The summed E-state index contributed by atoms with van der Waals surface area (Å²) < 4.78 is 5.81. The predicted octanol–water partition coefficient (Wildman–Crippen LogP) is 5.52. The van der Waals surface area contributed by atoms with E-state index in [1.165, 1.54) is 18.3 Å². The van der Waals surface area contributed by atoms with Crippen LogP contribution in [-0.2, 0) is 9.59 Å². The van der Waals surface area contributed by atoms with E-state index in [9.17, 15) is 19.5 Å². The van der Waals surface area contributed by atoms with Gasteiger partial charge in [0.15, 0.2) is 0 Å². The summed E-state index contributed by atoms with van der Waals surface area (Å²) in [7, 11) is 0. The molecule has 1 N–H and O–H groups in total. The van der Waals surface area contributed by atoms with E-state index in [0.29, 0.717) is 17.1 Å². The second-order valence-corrected chi connectivity index (χ2v) is 10.1. The summed E-state index contributed by atoms with van der Waals surface area (Å²) in [6.07, 6.45) is 1.34. The number of carboxylic acids is 1. The molecule has 0 saturated carbocycles. The van der Waals surface area contributed by atoms with Gasteiger partial charge in [0.25, 0.3) is 11.8 Å². The van der Waals surface area contributed by atoms with Gasteiger partial charge in [-0.1, -0.05) is 60.1 Å². The molecule has 2 heterocycles. The first-order valence-electron chi connectivity index (χ1n) is 12.2. The van der Waals surface area contributed by atoms with E-state index in [-0.39, 0.29) is 34.2 Å². The third-order valence-electron chi connectivity index (χ3n) is 7.83. The Bertz CT molecular complexity index is 1590. The van der Waals surface area contributed by atoms with Crippen molar-refractivity contribution < 1.29 is 23.9 Å². The van der Waals surface area contributed by atoms with Crippen LogP contribution in [0.1, 0.15) is 50.2 Å². The summed E-state index contributed by atoms with van der Waals surface area (Å²) in [6.45, 7) is 0. The molecule has 2 bridgehead atoms. The van der Waals surface area contributed by atoms with Crippen LogP contribution in [0, 0.1) is 11.8 Å². The molecule has 4 aliphatic rings. The van der Waals surface area contributed by atoms with Crippen LogP contribution in [0.4, 0.5) is 0 Å². The number of rotatable bonds is 4. The summed E-state index contributed by atoms with van der Waals surface area (Å²) in [5.74, 6) is -2.46. The number of halogens is 1. The number of hydrazone groups is 1. The topological polar surface area (TPSA) is 100 Å². The molecule has 8 heteroatoms. The lowest BCUT2D eigenvalue weighted by Crippen LogP contribution is -2.41. The molecular weight excluding hydrogens is 504 g/mol. The molecule has 0 spiro atoms. The fourth-order valence-corrected chi connectivity index (χ4v) is 6.51. The lowest BCUT2D eigenvalue weighted by atomic mass is 9.55. The summed E-state index contributed by atoms with van der Waals surface area (Å²) in [5.41, 5.74) is 4.89. The lowest BCUT2D eigenvalue weighted by molar-refractivity contribution is -0.139. The molecule has 3 aliphatic carbocycles. The molecule has 0 unspecified atom stereocenters. The van der Waals surface area contributed by atoms with E-state index >= 15 is 0 Å². The van der Waals surface area contributed by atoms with Gasteiger partial charge < -0.3 is 9.52 Å². The third-order valence-corrected chi connectivity index (χ3v) is 8.16. The van der Waals surface area contributed by atoms with Gasteiger partial charge in [-0.15, -0.1) is 0 Å². The van der Waals surface area contributed by atoms with E-state index in [1.807, 2.05) is 24.3 Å². The van der Waals surface area contributed by atoms with Gasteiger partial charge in [-0.2, -0.15) is 10.1 Å². The van der Waals surface area contributed by atoms with Crippen molar-refractivity contribution in [2.24, 2.45) is 16.9 Å². The van der Waals surface area contributed by atoms with Crippen molar-refractivity contribution in [2.75, 3.05) is 0 Å². The van der Waals surface area contributed by atoms with E-state index in [4.69, 9.17) is 16.0 Å². The molecule has 8 rings (SSSR count). The van der Waals surface area contributed by atoms with Gasteiger partial charge in [0.2, 0.25) is 0 Å². The number of hydrogen-bond acceptors (Lipinski definition) is 5. The number of hydrogen-bond donors (Lipinski definition) is 1. The Hall–Kier alpha value is -4.49. The van der Waals surface area contributed by atoms with Crippen LogP contribution >= 0.6 is 11.6 Å². The Labute approximate surface area is 222 Å². The summed E-state index contributed by atoms with van der Waals surface area (Å²) in [5, 5.41) is 14.7. The first-order valence-corrected chi connectivity index (χ1v) is 12.5. The van der Waals surface area contributed by atoms with Crippen molar-refractivity contribution in [1.82, 2.24) is 5.01 Å². The molecule has 3 aromatic carbocycles. The van der Waals surface area contributed by atoms with E-state index in [1.54, 1.807) is 18.2 Å². The number of carboxylic acid groups (broad SMARTS) is 1. The van der Waals surface area contributed by atoms with Gasteiger partial charge in [-0.25, -0.2) is 4.79 Å². The first-order chi connectivity index (χ1) is 18.4. The van der Waals surface area contributed by atoms with Crippen LogP contribution in [0.15, 0.2) is 88.4 Å². The summed E-state index contributed by atoms with van der Waals surface area (Å²) >= 11 is 5.97. The highest BCUT2D eigenvalue weighted by molar-refractivity contribution is 6.33. The minimum atomic E-state index is -1.14. The standard InChI is InChI=1S/C30H19ClN2O5/c31-22-11-9-15(13-21(22)30(36)37)23-12-10-16(38-23)14-32-33-28(34)26-24-17-5-1-2-6-18(17)25(27(26)29(33)35)20-8-4-3-7-19(20)24/h1-14,24-27H,(H,36,37)/b32-14-/t24?,25?,26-,27+. The molecule has 2 atom stereocenters. The quantitative estimate of drug-likeness (QED) is 0.281. The maximum Gasteiger partial charge on any atom is 0.337 e. The maximum absolute atomic E-state index is 13.6. The summed E-state index contributed by atoms with van der Waals surface area (Å²) in [6, 6.07) is 24.0. The largest absolute Gasteiger partial charge is 0.478 e. The molecule has 7 nitrogen and oxygen atoms in total. The van der Waals surface area contributed by atoms with Gasteiger partial charge in [-0.3, -0.25) is 9.59 Å². The van der Waals surface area contributed by atoms with Crippen LogP contribution < -0.4 is 0 Å². The van der Waals surface area contributed by atoms with Gasteiger partial charge in [0.05, 0.1) is 28.6 Å². The second kappa shape index (κ2) is 8.26. The number of imide groups is 1. The molecular formula is C30H19ClN2O5. The molecule has 1 aromatic heterocycles. The van der Waals surface area contributed by atoms with Crippen molar-refractivity contribution in [3.05, 3.63) is 117 Å². The van der Waals surface area contributed by atoms with Crippen molar-refractivity contribution in [3.63, 3.8) is 0 Å². The molecule has 1 fully saturated rings. The highest BCUT2D eigenvalue weighted by Crippen LogP contribution is 2.60. The fraction of sp³-hybridized carbons (Fsp3) is 0.133. The molecule has 186 valence electrons. The number of benzene rings is 3. The Morgan fingerprint density at radius 3 is 1.92 bits per heavy atom. The smallest absolute Gasteiger partial charge is 0.337 e. The predicted molar refractivity (Wildman–Crippen MR) is 139 cm³/mol. The zero-order chi connectivity index (χ0) is 26.1. The highest BCUT2D eigenvalue weighted by Gasteiger charge is 2.61. The van der Waals surface area contributed by atoms with Gasteiger partial charge >= 0.3 is 5.97 Å². The second-order valence-electron chi connectivity index (χ2n) is 9.70. The van der Waals surface area contributed by atoms with Gasteiger partial charge in [0, 0.05) is 17.4 Å². The monoisotopic (exact) mass is 522 g/mol. The van der Waals surface area contributed by atoms with Crippen molar-refractivity contribution >= 4 is 35.6 Å². The number of amides is 2. The van der Waals surface area contributed by atoms with Gasteiger partial charge in [-0.05, 0) is 52.6 Å². The van der Waals surface area contributed by atoms with Crippen LogP contribution in [0.3, 0.4) is 0 Å². The maximum atomic E-state index is 13.6.